The van der Waals surface area contributed by atoms with Gasteiger partial charge in [-0.2, -0.15) is 0 Å². The molecule has 2 atom stereocenters. The number of hydrogen-bond acceptors (Lipinski definition) is 3. The highest BCUT2D eigenvalue weighted by molar-refractivity contribution is 5.73. The van der Waals surface area contributed by atoms with Crippen LogP contribution in [0.15, 0.2) is 67.2 Å². The fourth-order valence-corrected chi connectivity index (χ4v) is 4.68. The molecule has 2 aliphatic rings. The van der Waals surface area contributed by atoms with Crippen molar-refractivity contribution >= 4 is 11.7 Å². The van der Waals surface area contributed by atoms with E-state index in [-0.39, 0.29) is 24.8 Å². The number of piperidine rings is 2. The van der Waals surface area contributed by atoms with Crippen LogP contribution in [-0.2, 0) is 11.3 Å². The number of rotatable bonds is 4. The molecule has 2 aromatic rings. The molecule has 1 N–H and O–H groups in total. The monoisotopic (exact) mass is 377 g/mol. The maximum Gasteiger partial charge on any atom is 0.410 e. The third kappa shape index (κ3) is 3.69. The molecule has 2 saturated heterocycles. The number of nitrogens with zero attached hydrogens (tertiary/aromatic N) is 1. The quantitative estimate of drug-likeness (QED) is 0.834. The zero-order valence-corrected chi connectivity index (χ0v) is 16.1. The lowest BCUT2D eigenvalue weighted by molar-refractivity contribution is -0.0547. The molecule has 2 fully saturated rings. The summed E-state index contributed by atoms with van der Waals surface area (Å²) in [6, 6.07) is 19.5. The van der Waals surface area contributed by atoms with Crippen LogP contribution in [0.25, 0.3) is 5.57 Å². The van der Waals surface area contributed by atoms with Crippen molar-refractivity contribution in [2.45, 2.75) is 56.4 Å². The van der Waals surface area contributed by atoms with Crippen molar-refractivity contribution < 1.29 is 14.6 Å². The minimum atomic E-state index is -0.979. The van der Waals surface area contributed by atoms with Crippen LogP contribution in [0.4, 0.5) is 4.79 Å². The van der Waals surface area contributed by atoms with Crippen LogP contribution in [0.5, 0.6) is 0 Å². The molecule has 0 aromatic heterocycles. The lowest BCUT2D eigenvalue weighted by Crippen LogP contribution is -2.60. The molecule has 1 amide bonds. The van der Waals surface area contributed by atoms with Crippen LogP contribution in [0.1, 0.15) is 43.2 Å². The third-order valence-electron chi connectivity index (χ3n) is 6.11. The average Bonchev–Trinajstić information content (AvgIpc) is 2.72. The van der Waals surface area contributed by atoms with Crippen molar-refractivity contribution in [3.05, 3.63) is 78.4 Å². The van der Waals surface area contributed by atoms with Crippen molar-refractivity contribution in [1.29, 1.82) is 0 Å². The van der Waals surface area contributed by atoms with Crippen LogP contribution >= 0.6 is 0 Å². The number of amides is 1. The summed E-state index contributed by atoms with van der Waals surface area (Å²) in [6.45, 7) is 4.48. The molecular weight excluding hydrogens is 350 g/mol. The fourth-order valence-electron chi connectivity index (χ4n) is 4.68. The molecule has 28 heavy (non-hydrogen) atoms. The average molecular weight is 377 g/mol. The van der Waals surface area contributed by atoms with E-state index in [4.69, 9.17) is 4.74 Å². The Hall–Kier alpha value is -2.59. The van der Waals surface area contributed by atoms with Crippen LogP contribution in [-0.4, -0.2) is 33.8 Å². The third-order valence-corrected chi connectivity index (χ3v) is 6.11. The van der Waals surface area contributed by atoms with Gasteiger partial charge in [0, 0.05) is 24.9 Å². The van der Waals surface area contributed by atoms with Crippen molar-refractivity contribution in [3.63, 3.8) is 0 Å². The van der Waals surface area contributed by atoms with Gasteiger partial charge in [0.2, 0.25) is 0 Å². The van der Waals surface area contributed by atoms with Gasteiger partial charge in [0.15, 0.2) is 0 Å². The SMILES string of the molecule is C=C(c1ccccc1)C1(O)CC2CCCC(C1)N2C(=O)OCc1ccccc1. The Morgan fingerprint density at radius 1 is 1.04 bits per heavy atom. The van der Waals surface area contributed by atoms with Gasteiger partial charge in [-0.3, -0.25) is 0 Å². The number of fused-ring (bicyclic) bond motifs is 2. The predicted octanol–water partition coefficient (Wildman–Crippen LogP) is 4.78. The highest BCUT2D eigenvalue weighted by atomic mass is 16.6. The summed E-state index contributed by atoms with van der Waals surface area (Å²) in [4.78, 5) is 14.7. The second-order valence-electron chi connectivity index (χ2n) is 7.97. The lowest BCUT2D eigenvalue weighted by Gasteiger charge is -2.51. The second-order valence-corrected chi connectivity index (χ2v) is 7.97. The molecule has 0 radical (unpaired) electrons. The van der Waals surface area contributed by atoms with Gasteiger partial charge in [0.05, 0.1) is 5.60 Å². The smallest absolute Gasteiger partial charge is 0.410 e. The summed E-state index contributed by atoms with van der Waals surface area (Å²) in [5.74, 6) is 0. The molecule has 0 spiro atoms. The molecule has 2 aliphatic heterocycles. The van der Waals surface area contributed by atoms with E-state index in [1.165, 1.54) is 0 Å². The summed E-state index contributed by atoms with van der Waals surface area (Å²) >= 11 is 0. The largest absolute Gasteiger partial charge is 0.445 e. The first-order chi connectivity index (χ1) is 13.6. The van der Waals surface area contributed by atoms with Crippen molar-refractivity contribution in [2.24, 2.45) is 0 Å². The Labute approximate surface area is 166 Å². The molecule has 4 nitrogen and oxygen atoms in total. The topological polar surface area (TPSA) is 49.8 Å². The predicted molar refractivity (Wildman–Crippen MR) is 110 cm³/mol. The van der Waals surface area contributed by atoms with E-state index in [2.05, 4.69) is 6.58 Å². The Morgan fingerprint density at radius 2 is 1.61 bits per heavy atom. The Bertz CT molecular complexity index is 819. The van der Waals surface area contributed by atoms with Crippen molar-refractivity contribution in [3.8, 4) is 0 Å². The zero-order chi connectivity index (χ0) is 19.6. The normalized spacial score (nSPS) is 26.5. The van der Waals surface area contributed by atoms with Crippen molar-refractivity contribution in [1.82, 2.24) is 4.90 Å². The van der Waals surface area contributed by atoms with E-state index in [0.29, 0.717) is 12.8 Å². The van der Waals surface area contributed by atoms with Crippen LogP contribution < -0.4 is 0 Å². The fraction of sp³-hybridized carbons (Fsp3) is 0.375. The zero-order valence-electron chi connectivity index (χ0n) is 16.1. The van der Waals surface area contributed by atoms with Gasteiger partial charge < -0.3 is 14.7 Å². The van der Waals surface area contributed by atoms with Gasteiger partial charge >= 0.3 is 6.09 Å². The van der Waals surface area contributed by atoms with Gasteiger partial charge in [-0.25, -0.2) is 4.79 Å². The molecule has 2 unspecified atom stereocenters. The van der Waals surface area contributed by atoms with E-state index >= 15 is 0 Å². The number of ether oxygens (including phenoxy) is 1. The first kappa shape index (κ1) is 18.8. The molecule has 2 bridgehead atoms. The maximum absolute atomic E-state index is 12.8. The first-order valence-electron chi connectivity index (χ1n) is 10.0. The van der Waals surface area contributed by atoms with Crippen LogP contribution in [0, 0.1) is 0 Å². The standard InChI is InChI=1S/C24H27NO3/c1-18(20-11-6-3-7-12-20)24(27)15-21-13-8-14-22(16-24)25(21)23(26)28-17-19-9-4-2-5-10-19/h2-7,9-12,21-22,27H,1,8,13-17H2. The van der Waals surface area contributed by atoms with Crippen LogP contribution in [0.2, 0.25) is 0 Å². The van der Waals surface area contributed by atoms with E-state index in [1.54, 1.807) is 0 Å². The maximum atomic E-state index is 12.8. The molecule has 2 heterocycles. The summed E-state index contributed by atoms with van der Waals surface area (Å²) in [5.41, 5.74) is 1.71. The van der Waals surface area contributed by atoms with Gasteiger partial charge in [0.25, 0.3) is 0 Å². The number of carbonyl (C=O) groups excluding carboxylic acids is 1. The van der Waals surface area contributed by atoms with E-state index in [1.807, 2.05) is 65.6 Å². The molecular formula is C24H27NO3. The Morgan fingerprint density at radius 3 is 2.21 bits per heavy atom. The molecule has 146 valence electrons. The molecule has 0 saturated carbocycles. The second kappa shape index (κ2) is 7.80. The van der Waals surface area contributed by atoms with Crippen LogP contribution in [0.3, 0.4) is 0 Å². The minimum absolute atomic E-state index is 0.0127. The number of hydrogen-bond donors (Lipinski definition) is 1. The van der Waals surface area contributed by atoms with Gasteiger partial charge in [-0.15, -0.1) is 0 Å². The summed E-state index contributed by atoms with van der Waals surface area (Å²) in [5, 5.41) is 11.4. The molecule has 4 rings (SSSR count). The van der Waals surface area contributed by atoms with Gasteiger partial charge in [-0.05, 0) is 36.0 Å². The summed E-state index contributed by atoms with van der Waals surface area (Å²) < 4.78 is 5.60. The van der Waals surface area contributed by atoms with Gasteiger partial charge in [0.1, 0.15) is 6.61 Å². The van der Waals surface area contributed by atoms with E-state index in [9.17, 15) is 9.90 Å². The van der Waals surface area contributed by atoms with Crippen molar-refractivity contribution in [2.75, 3.05) is 0 Å². The highest BCUT2D eigenvalue weighted by Crippen LogP contribution is 2.45. The highest BCUT2D eigenvalue weighted by Gasteiger charge is 2.49. The summed E-state index contributed by atoms with van der Waals surface area (Å²) in [7, 11) is 0. The lowest BCUT2D eigenvalue weighted by atomic mass is 9.71. The number of benzene rings is 2. The Balaban J connectivity index is 1.47. The molecule has 4 heteroatoms. The van der Waals surface area contributed by atoms with E-state index in [0.717, 1.165) is 36.0 Å². The van der Waals surface area contributed by atoms with E-state index < -0.39 is 5.60 Å². The first-order valence-corrected chi connectivity index (χ1v) is 10.0. The Kier molecular flexibility index (Phi) is 5.23. The minimum Gasteiger partial charge on any atom is -0.445 e. The number of carbonyl (C=O) groups is 1. The van der Waals surface area contributed by atoms with Gasteiger partial charge in [-0.1, -0.05) is 67.2 Å². The molecule has 2 aromatic carbocycles. The summed E-state index contributed by atoms with van der Waals surface area (Å²) in [6.07, 6.45) is 3.61. The number of aliphatic hydroxyl groups is 1. The molecule has 0 aliphatic carbocycles.